The summed E-state index contributed by atoms with van der Waals surface area (Å²) in [7, 11) is 0. The van der Waals surface area contributed by atoms with Gasteiger partial charge >= 0.3 is 0 Å². The maximum absolute atomic E-state index is 12.7. The number of carbonyl (C=O) groups is 2. The van der Waals surface area contributed by atoms with Crippen molar-refractivity contribution >= 4 is 17.6 Å². The number of carbonyl (C=O) groups excluding carboxylic acids is 2. The highest BCUT2D eigenvalue weighted by molar-refractivity contribution is 6.06. The molecule has 5 N–H and O–H groups in total. The summed E-state index contributed by atoms with van der Waals surface area (Å²) in [5, 5.41) is 12.0. The van der Waals surface area contributed by atoms with Gasteiger partial charge in [-0.2, -0.15) is 0 Å². The molecule has 114 valence electrons. The van der Waals surface area contributed by atoms with Crippen LogP contribution in [0.5, 0.6) is 0 Å². The number of rotatable bonds is 5. The van der Waals surface area contributed by atoms with Crippen molar-refractivity contribution in [3.8, 4) is 0 Å². The Bertz CT molecular complexity index is 396. The second-order valence-corrected chi connectivity index (χ2v) is 5.24. The lowest BCUT2D eigenvalue weighted by molar-refractivity contribution is -0.141. The predicted molar refractivity (Wildman–Crippen MR) is 74.9 cm³/mol. The van der Waals surface area contributed by atoms with Crippen LogP contribution in [0.15, 0.2) is 5.16 Å². The van der Waals surface area contributed by atoms with E-state index in [4.69, 9.17) is 16.7 Å². The van der Waals surface area contributed by atoms with Gasteiger partial charge in [0.1, 0.15) is 5.41 Å². The first kappa shape index (κ1) is 16.3. The van der Waals surface area contributed by atoms with Crippen molar-refractivity contribution in [2.24, 2.45) is 28.0 Å². The van der Waals surface area contributed by atoms with Crippen LogP contribution in [-0.4, -0.2) is 40.8 Å². The molecule has 0 radical (unpaired) electrons. The lowest BCUT2D eigenvalue weighted by atomic mass is 9.79. The maximum atomic E-state index is 12.7. The quantitative estimate of drug-likeness (QED) is 0.290. The van der Waals surface area contributed by atoms with E-state index in [1.807, 2.05) is 13.8 Å². The standard InChI is InChI=1S/C13H24N4O3/c1-3-13(4-2,11(15)16-20)12(19)17-7-5-9(6-8-17)10(14)18/h9,20H,3-8H2,1-2H3,(H2,14,18)(H2,15,16). The van der Waals surface area contributed by atoms with Gasteiger partial charge in [0.05, 0.1) is 0 Å². The third-order valence-electron chi connectivity index (χ3n) is 4.40. The van der Waals surface area contributed by atoms with E-state index in [0.29, 0.717) is 38.8 Å². The number of hydrogen-bond acceptors (Lipinski definition) is 4. The van der Waals surface area contributed by atoms with Gasteiger partial charge in [0.15, 0.2) is 5.84 Å². The molecule has 7 heteroatoms. The highest BCUT2D eigenvalue weighted by Crippen LogP contribution is 2.31. The van der Waals surface area contributed by atoms with Crippen molar-refractivity contribution in [3.05, 3.63) is 0 Å². The molecule has 0 saturated carbocycles. The number of piperidine rings is 1. The Morgan fingerprint density at radius 2 is 1.75 bits per heavy atom. The summed E-state index contributed by atoms with van der Waals surface area (Å²) in [5.41, 5.74) is 10.1. The zero-order valence-corrected chi connectivity index (χ0v) is 12.1. The number of nitrogens with zero attached hydrogens (tertiary/aromatic N) is 2. The Hall–Kier alpha value is -1.79. The van der Waals surface area contributed by atoms with Crippen molar-refractivity contribution in [2.75, 3.05) is 13.1 Å². The lowest BCUT2D eigenvalue weighted by Gasteiger charge is -2.38. The Kier molecular flexibility index (Phi) is 5.35. The van der Waals surface area contributed by atoms with Crippen LogP contribution < -0.4 is 11.5 Å². The van der Waals surface area contributed by atoms with Crippen LogP contribution in [0.25, 0.3) is 0 Å². The summed E-state index contributed by atoms with van der Waals surface area (Å²) < 4.78 is 0. The van der Waals surface area contributed by atoms with Crippen molar-refractivity contribution in [2.45, 2.75) is 39.5 Å². The second-order valence-electron chi connectivity index (χ2n) is 5.24. The number of hydrogen-bond donors (Lipinski definition) is 3. The van der Waals surface area contributed by atoms with E-state index in [0.717, 1.165) is 0 Å². The number of likely N-dealkylation sites (tertiary alicyclic amines) is 1. The Morgan fingerprint density at radius 3 is 2.10 bits per heavy atom. The van der Waals surface area contributed by atoms with Gasteiger partial charge in [-0.05, 0) is 25.7 Å². The normalized spacial score (nSPS) is 18.1. The van der Waals surface area contributed by atoms with Gasteiger partial charge in [0.2, 0.25) is 11.8 Å². The molecule has 1 aliphatic rings. The van der Waals surface area contributed by atoms with Crippen molar-refractivity contribution in [1.29, 1.82) is 0 Å². The molecule has 0 aromatic carbocycles. The number of nitrogens with two attached hydrogens (primary N) is 2. The molecular formula is C13H24N4O3. The van der Waals surface area contributed by atoms with Crippen LogP contribution >= 0.6 is 0 Å². The zero-order chi connectivity index (χ0) is 15.3. The van der Waals surface area contributed by atoms with E-state index >= 15 is 0 Å². The van der Waals surface area contributed by atoms with Crippen molar-refractivity contribution in [1.82, 2.24) is 4.90 Å². The first-order chi connectivity index (χ1) is 9.42. The van der Waals surface area contributed by atoms with Crippen LogP contribution in [-0.2, 0) is 9.59 Å². The predicted octanol–water partition coefficient (Wildman–Crippen LogP) is 0.263. The summed E-state index contributed by atoms with van der Waals surface area (Å²) in [6, 6.07) is 0. The van der Waals surface area contributed by atoms with Gasteiger partial charge in [-0.3, -0.25) is 9.59 Å². The van der Waals surface area contributed by atoms with Crippen LogP contribution in [0.3, 0.4) is 0 Å². The summed E-state index contributed by atoms with van der Waals surface area (Å²) in [5.74, 6) is -0.670. The molecule has 7 nitrogen and oxygen atoms in total. The van der Waals surface area contributed by atoms with Gasteiger partial charge < -0.3 is 21.6 Å². The van der Waals surface area contributed by atoms with Crippen LogP contribution in [0, 0.1) is 11.3 Å². The summed E-state index contributed by atoms with van der Waals surface area (Å²) in [4.78, 5) is 25.5. The molecule has 1 heterocycles. The third kappa shape index (κ3) is 2.86. The van der Waals surface area contributed by atoms with E-state index < -0.39 is 5.41 Å². The van der Waals surface area contributed by atoms with Gasteiger partial charge in [-0.1, -0.05) is 19.0 Å². The molecule has 1 saturated heterocycles. The van der Waals surface area contributed by atoms with Crippen LogP contribution in [0.2, 0.25) is 0 Å². The first-order valence-electron chi connectivity index (χ1n) is 6.99. The Balaban J connectivity index is 2.86. The van der Waals surface area contributed by atoms with Gasteiger partial charge in [-0.15, -0.1) is 0 Å². The number of primary amides is 1. The van der Waals surface area contributed by atoms with Crippen molar-refractivity contribution < 1.29 is 14.8 Å². The van der Waals surface area contributed by atoms with E-state index in [1.54, 1.807) is 4.90 Å². The van der Waals surface area contributed by atoms with E-state index in [2.05, 4.69) is 5.16 Å². The SMILES string of the molecule is CCC(CC)(C(=O)N1CCC(C(N)=O)CC1)C(N)=NO. The van der Waals surface area contributed by atoms with Crippen LogP contribution in [0.1, 0.15) is 39.5 Å². The first-order valence-corrected chi connectivity index (χ1v) is 6.99. The van der Waals surface area contributed by atoms with Gasteiger partial charge in [0.25, 0.3) is 0 Å². The molecule has 1 fully saturated rings. The van der Waals surface area contributed by atoms with E-state index in [-0.39, 0.29) is 23.6 Å². The molecule has 1 rings (SSSR count). The monoisotopic (exact) mass is 284 g/mol. The molecule has 0 aromatic rings. The molecule has 1 aliphatic heterocycles. The summed E-state index contributed by atoms with van der Waals surface area (Å²) in [6.07, 6.45) is 2.07. The molecule has 20 heavy (non-hydrogen) atoms. The Labute approximate surface area is 119 Å². The minimum absolute atomic E-state index is 0.0514. The van der Waals surface area contributed by atoms with Crippen LogP contribution in [0.4, 0.5) is 0 Å². The average Bonchev–Trinajstić information content (AvgIpc) is 2.48. The lowest BCUT2D eigenvalue weighted by Crippen LogP contribution is -2.53. The zero-order valence-electron chi connectivity index (χ0n) is 12.1. The maximum Gasteiger partial charge on any atom is 0.236 e. The van der Waals surface area contributed by atoms with Gasteiger partial charge in [-0.25, -0.2) is 0 Å². The molecule has 0 aromatic heterocycles. The molecule has 2 amide bonds. The fraction of sp³-hybridized carbons (Fsp3) is 0.769. The van der Waals surface area contributed by atoms with Crippen molar-refractivity contribution in [3.63, 3.8) is 0 Å². The van der Waals surface area contributed by atoms with E-state index in [9.17, 15) is 9.59 Å². The summed E-state index contributed by atoms with van der Waals surface area (Å²) >= 11 is 0. The Morgan fingerprint density at radius 1 is 1.25 bits per heavy atom. The molecular weight excluding hydrogens is 260 g/mol. The molecule has 0 aliphatic carbocycles. The smallest absolute Gasteiger partial charge is 0.236 e. The molecule has 0 atom stereocenters. The van der Waals surface area contributed by atoms with E-state index in [1.165, 1.54) is 0 Å². The molecule has 0 bridgehead atoms. The minimum Gasteiger partial charge on any atom is -0.409 e. The summed E-state index contributed by atoms with van der Waals surface area (Å²) in [6.45, 7) is 4.64. The second kappa shape index (κ2) is 6.58. The highest BCUT2D eigenvalue weighted by atomic mass is 16.4. The van der Waals surface area contributed by atoms with Gasteiger partial charge in [0, 0.05) is 19.0 Å². The number of oxime groups is 1. The fourth-order valence-electron chi connectivity index (χ4n) is 2.79. The highest BCUT2D eigenvalue weighted by Gasteiger charge is 2.43. The topological polar surface area (TPSA) is 122 Å². The average molecular weight is 284 g/mol. The third-order valence-corrected chi connectivity index (χ3v) is 4.40. The largest absolute Gasteiger partial charge is 0.409 e. The molecule has 0 unspecified atom stereocenters. The fourth-order valence-corrected chi connectivity index (χ4v) is 2.79. The number of amides is 2. The molecule has 0 spiro atoms. The number of amidine groups is 1. The minimum atomic E-state index is -0.964.